The quantitative estimate of drug-likeness (QED) is 0.698. The molecule has 11 heavy (non-hydrogen) atoms. The minimum Gasteiger partial charge on any atom is -0.481 e. The van der Waals surface area contributed by atoms with E-state index in [0.29, 0.717) is 0 Å². The first-order valence-electron chi connectivity index (χ1n) is 3.89. The summed E-state index contributed by atoms with van der Waals surface area (Å²) in [4.78, 5) is 10.7. The predicted octanol–water partition coefficient (Wildman–Crippen LogP) is 2.24. The number of rotatable bonds is 5. The van der Waals surface area contributed by atoms with Gasteiger partial charge in [-0.05, 0) is 12.7 Å². The second kappa shape index (κ2) is 5.47. The lowest BCUT2D eigenvalue weighted by Crippen LogP contribution is -2.23. The molecule has 0 rings (SSSR count). The zero-order valence-electron chi connectivity index (χ0n) is 7.33. The molecule has 0 aromatic heterocycles. The van der Waals surface area contributed by atoms with Gasteiger partial charge in [0.2, 0.25) is 0 Å². The third-order valence-electron chi connectivity index (χ3n) is 1.86. The van der Waals surface area contributed by atoms with Gasteiger partial charge in [-0.25, -0.2) is 0 Å². The smallest absolute Gasteiger partial charge is 0.307 e. The molecule has 2 atom stereocenters. The number of carboxylic acid groups (broad SMARTS) is 1. The molecule has 0 radical (unpaired) electrons. The summed E-state index contributed by atoms with van der Waals surface area (Å²) in [5.41, 5.74) is 0. The summed E-state index contributed by atoms with van der Waals surface area (Å²) >= 11 is 1.62. The Morgan fingerprint density at radius 1 is 1.64 bits per heavy atom. The molecule has 0 aliphatic rings. The number of hydrogen-bond acceptors (Lipinski definition) is 2. The Bertz CT molecular complexity index is 125. The summed E-state index contributed by atoms with van der Waals surface area (Å²) in [6, 6.07) is 0. The van der Waals surface area contributed by atoms with Crippen LogP contribution in [0, 0.1) is 5.92 Å². The molecular weight excluding hydrogens is 160 g/mol. The Morgan fingerprint density at radius 2 is 2.18 bits per heavy atom. The highest BCUT2D eigenvalue weighted by atomic mass is 32.2. The van der Waals surface area contributed by atoms with Crippen LogP contribution >= 0.6 is 11.8 Å². The fourth-order valence-electron chi connectivity index (χ4n) is 1.03. The minimum absolute atomic E-state index is 0.171. The first kappa shape index (κ1) is 10.8. The van der Waals surface area contributed by atoms with Gasteiger partial charge in [0.25, 0.3) is 0 Å². The lowest BCUT2D eigenvalue weighted by molar-refractivity contribution is -0.141. The van der Waals surface area contributed by atoms with Crippen molar-refractivity contribution in [1.29, 1.82) is 0 Å². The van der Waals surface area contributed by atoms with Crippen LogP contribution in [0.3, 0.4) is 0 Å². The van der Waals surface area contributed by atoms with E-state index in [1.807, 2.05) is 20.1 Å². The van der Waals surface area contributed by atoms with Crippen molar-refractivity contribution in [3.05, 3.63) is 0 Å². The Hall–Kier alpha value is -0.180. The molecule has 0 heterocycles. The van der Waals surface area contributed by atoms with Gasteiger partial charge >= 0.3 is 5.97 Å². The molecule has 0 aliphatic carbocycles. The highest BCUT2D eigenvalue weighted by molar-refractivity contribution is 7.99. The van der Waals surface area contributed by atoms with Crippen LogP contribution in [0.5, 0.6) is 0 Å². The van der Waals surface area contributed by atoms with Gasteiger partial charge in [0, 0.05) is 5.25 Å². The molecule has 0 saturated carbocycles. The topological polar surface area (TPSA) is 37.3 Å². The van der Waals surface area contributed by atoms with Crippen LogP contribution in [0.15, 0.2) is 0 Å². The SMILES string of the molecule is CCCC(C(=O)O)C(C)SC. The van der Waals surface area contributed by atoms with E-state index in [1.165, 1.54) is 0 Å². The van der Waals surface area contributed by atoms with E-state index in [9.17, 15) is 4.79 Å². The molecular formula is C8H16O2S. The van der Waals surface area contributed by atoms with E-state index in [1.54, 1.807) is 11.8 Å². The lowest BCUT2D eigenvalue weighted by atomic mass is 10.0. The van der Waals surface area contributed by atoms with E-state index in [-0.39, 0.29) is 11.2 Å². The van der Waals surface area contributed by atoms with E-state index in [0.717, 1.165) is 12.8 Å². The van der Waals surface area contributed by atoms with Crippen LogP contribution in [0.25, 0.3) is 0 Å². The molecule has 0 aromatic rings. The van der Waals surface area contributed by atoms with Gasteiger partial charge in [0.1, 0.15) is 0 Å². The summed E-state index contributed by atoms with van der Waals surface area (Å²) in [5.74, 6) is -0.830. The first-order chi connectivity index (χ1) is 5.13. The van der Waals surface area contributed by atoms with Crippen molar-refractivity contribution in [2.45, 2.75) is 31.9 Å². The van der Waals surface area contributed by atoms with Gasteiger partial charge in [-0.15, -0.1) is 0 Å². The van der Waals surface area contributed by atoms with Gasteiger partial charge in [0.15, 0.2) is 0 Å². The van der Waals surface area contributed by atoms with Crippen LogP contribution in [-0.2, 0) is 4.79 Å². The number of hydrogen-bond donors (Lipinski definition) is 1. The maximum absolute atomic E-state index is 10.7. The molecule has 0 bridgehead atoms. The van der Waals surface area contributed by atoms with E-state index in [2.05, 4.69) is 0 Å². The van der Waals surface area contributed by atoms with Gasteiger partial charge in [-0.1, -0.05) is 20.3 Å². The molecule has 66 valence electrons. The standard InChI is InChI=1S/C8H16O2S/c1-4-5-7(8(9)10)6(2)11-3/h6-7H,4-5H2,1-3H3,(H,9,10). The van der Waals surface area contributed by atoms with Crippen molar-refractivity contribution in [3.63, 3.8) is 0 Å². The average molecular weight is 176 g/mol. The first-order valence-corrected chi connectivity index (χ1v) is 5.17. The van der Waals surface area contributed by atoms with Crippen LogP contribution in [0.2, 0.25) is 0 Å². The summed E-state index contributed by atoms with van der Waals surface area (Å²) in [7, 11) is 0. The zero-order chi connectivity index (χ0) is 8.85. The van der Waals surface area contributed by atoms with Crippen LogP contribution in [0.4, 0.5) is 0 Å². The molecule has 3 heteroatoms. The molecule has 0 saturated heterocycles. The van der Waals surface area contributed by atoms with Crippen molar-refractivity contribution < 1.29 is 9.90 Å². The summed E-state index contributed by atoms with van der Waals surface area (Å²) in [6.07, 6.45) is 3.69. The highest BCUT2D eigenvalue weighted by Crippen LogP contribution is 2.21. The second-order valence-electron chi connectivity index (χ2n) is 2.67. The second-order valence-corrected chi connectivity index (χ2v) is 3.89. The molecule has 0 spiro atoms. The van der Waals surface area contributed by atoms with Crippen LogP contribution in [0.1, 0.15) is 26.7 Å². The van der Waals surface area contributed by atoms with Crippen LogP contribution < -0.4 is 0 Å². The Labute approximate surface area is 72.4 Å². The maximum atomic E-state index is 10.7. The Morgan fingerprint density at radius 3 is 2.45 bits per heavy atom. The third-order valence-corrected chi connectivity index (χ3v) is 2.93. The minimum atomic E-state index is -0.659. The van der Waals surface area contributed by atoms with Crippen molar-refractivity contribution in [2.75, 3.05) is 6.26 Å². The summed E-state index contributed by atoms with van der Waals surface area (Å²) < 4.78 is 0. The monoisotopic (exact) mass is 176 g/mol. The maximum Gasteiger partial charge on any atom is 0.307 e. The van der Waals surface area contributed by atoms with E-state index >= 15 is 0 Å². The van der Waals surface area contributed by atoms with Crippen molar-refractivity contribution in [3.8, 4) is 0 Å². The van der Waals surface area contributed by atoms with Gasteiger partial charge in [-0.3, -0.25) is 4.79 Å². The molecule has 2 nitrogen and oxygen atoms in total. The van der Waals surface area contributed by atoms with Gasteiger partial charge in [-0.2, -0.15) is 11.8 Å². The highest BCUT2D eigenvalue weighted by Gasteiger charge is 2.22. The third kappa shape index (κ3) is 3.65. The van der Waals surface area contributed by atoms with E-state index in [4.69, 9.17) is 5.11 Å². The van der Waals surface area contributed by atoms with Gasteiger partial charge < -0.3 is 5.11 Å². The van der Waals surface area contributed by atoms with Gasteiger partial charge in [0.05, 0.1) is 5.92 Å². The molecule has 0 amide bonds. The fourth-order valence-corrected chi connectivity index (χ4v) is 1.62. The number of aliphatic carboxylic acids is 1. The normalized spacial score (nSPS) is 15.9. The summed E-state index contributed by atoms with van der Waals surface area (Å²) in [6.45, 7) is 3.99. The molecule has 0 aliphatic heterocycles. The Balaban J connectivity index is 3.97. The largest absolute Gasteiger partial charge is 0.481 e. The number of carboxylic acids is 1. The van der Waals surface area contributed by atoms with Crippen molar-refractivity contribution in [1.82, 2.24) is 0 Å². The summed E-state index contributed by atoms with van der Waals surface area (Å²) in [5, 5.41) is 9.02. The molecule has 0 aromatic carbocycles. The van der Waals surface area contributed by atoms with Crippen molar-refractivity contribution in [2.24, 2.45) is 5.92 Å². The zero-order valence-corrected chi connectivity index (χ0v) is 8.15. The lowest BCUT2D eigenvalue weighted by Gasteiger charge is -2.16. The average Bonchev–Trinajstić information content (AvgIpc) is 1.98. The molecule has 2 unspecified atom stereocenters. The van der Waals surface area contributed by atoms with E-state index < -0.39 is 5.97 Å². The number of thioether (sulfide) groups is 1. The molecule has 1 N–H and O–H groups in total. The Kier molecular flexibility index (Phi) is 5.38. The van der Waals surface area contributed by atoms with Crippen molar-refractivity contribution >= 4 is 17.7 Å². The number of carbonyl (C=O) groups is 1. The molecule has 0 fully saturated rings. The van der Waals surface area contributed by atoms with Crippen LogP contribution in [-0.4, -0.2) is 22.6 Å². The fraction of sp³-hybridized carbons (Fsp3) is 0.875. The predicted molar refractivity (Wildman–Crippen MR) is 49.0 cm³/mol.